The Morgan fingerprint density at radius 2 is 1.74 bits per heavy atom. The van der Waals surface area contributed by atoms with Gasteiger partial charge in [0.25, 0.3) is 0 Å². The number of nitrogens with one attached hydrogen (secondary N) is 1. The van der Waals surface area contributed by atoms with Crippen LogP contribution in [0.15, 0.2) is 18.2 Å². The molecule has 1 aliphatic carbocycles. The lowest BCUT2D eigenvalue weighted by Gasteiger charge is -2.35. The number of rotatable bonds is 6. The van der Waals surface area contributed by atoms with Crippen molar-refractivity contribution in [2.24, 2.45) is 0 Å². The van der Waals surface area contributed by atoms with Gasteiger partial charge in [-0.25, -0.2) is 0 Å². The van der Waals surface area contributed by atoms with E-state index in [1.807, 2.05) is 0 Å². The molecule has 8 nitrogen and oxygen atoms in total. The van der Waals surface area contributed by atoms with E-state index < -0.39 is 28.5 Å². The second kappa shape index (κ2) is 11.3. The normalized spacial score (nSPS) is 20.8. The lowest BCUT2D eigenvalue weighted by Crippen LogP contribution is -2.50. The van der Waals surface area contributed by atoms with Crippen molar-refractivity contribution in [2.45, 2.75) is 50.2 Å². The van der Waals surface area contributed by atoms with Crippen molar-refractivity contribution in [2.75, 3.05) is 43.0 Å². The quantitative estimate of drug-likeness (QED) is 0.517. The first-order chi connectivity index (χ1) is 17.9. The van der Waals surface area contributed by atoms with Crippen molar-refractivity contribution in [3.8, 4) is 6.07 Å². The van der Waals surface area contributed by atoms with Gasteiger partial charge in [-0.05, 0) is 43.9 Å². The molecule has 0 radical (unpaired) electrons. The number of amides is 1. The van der Waals surface area contributed by atoms with Crippen molar-refractivity contribution in [1.29, 1.82) is 5.26 Å². The highest BCUT2D eigenvalue weighted by Crippen LogP contribution is 2.35. The fraction of sp³-hybridized carbons (Fsp3) is 0.565. The summed E-state index contributed by atoms with van der Waals surface area (Å²) in [5.74, 6) is -0.213. The number of nitriles is 1. The average Bonchev–Trinajstić information content (AvgIpc) is 3.39. The average molecular weight is 563 g/mol. The molecule has 0 atom stereocenters. The van der Waals surface area contributed by atoms with Crippen LogP contribution < -0.4 is 10.2 Å². The maximum absolute atomic E-state index is 13.2. The summed E-state index contributed by atoms with van der Waals surface area (Å²) >= 11 is 0.471. The number of hydrogen-bond donors (Lipinski definition) is 1. The molecule has 0 bridgehead atoms. The molecule has 1 saturated heterocycles. The van der Waals surface area contributed by atoms with Crippen LogP contribution in [0.5, 0.6) is 0 Å². The van der Waals surface area contributed by atoms with E-state index in [4.69, 9.17) is 10.00 Å². The van der Waals surface area contributed by atoms with Crippen molar-refractivity contribution < 1.29 is 35.9 Å². The van der Waals surface area contributed by atoms with Gasteiger partial charge in [0, 0.05) is 37.9 Å². The first-order valence-corrected chi connectivity index (χ1v) is 12.7. The highest BCUT2D eigenvalue weighted by Gasteiger charge is 2.37. The number of anilines is 2. The Hall–Kier alpha value is -3.12. The maximum atomic E-state index is 13.2. The molecule has 1 amide bonds. The number of halogens is 6. The van der Waals surface area contributed by atoms with E-state index in [1.165, 1.54) is 6.07 Å². The molecule has 2 aliphatic rings. The second-order valence-corrected chi connectivity index (χ2v) is 10.0. The summed E-state index contributed by atoms with van der Waals surface area (Å²) in [6.07, 6.45) is -6.80. The van der Waals surface area contributed by atoms with Crippen LogP contribution in [0.25, 0.3) is 0 Å². The summed E-state index contributed by atoms with van der Waals surface area (Å²) in [6, 6.07) is 5.05. The molecule has 0 spiro atoms. The minimum absolute atomic E-state index is 0.0640. The number of benzene rings is 1. The number of nitrogens with zero attached hydrogens (tertiary/aromatic N) is 5. The van der Waals surface area contributed by atoms with Crippen LogP contribution in [0.4, 0.5) is 37.2 Å². The van der Waals surface area contributed by atoms with Gasteiger partial charge >= 0.3 is 12.4 Å². The molecular formula is C23H24F6N6O2S. The first kappa shape index (κ1) is 27.9. The number of carbonyl (C=O) groups excluding carboxylic acids is 1. The zero-order valence-corrected chi connectivity index (χ0v) is 20.8. The Balaban J connectivity index is 1.19. The van der Waals surface area contributed by atoms with Crippen molar-refractivity contribution in [3.63, 3.8) is 0 Å². The van der Waals surface area contributed by atoms with E-state index >= 15 is 0 Å². The SMILES string of the molecule is N#Cc1ccc(NC2CCC(OCC(=O)N3CCN(c4nnc(C(F)(F)F)s4)CC3)CC2)cc1C(F)(F)F. The number of alkyl halides is 6. The Labute approximate surface area is 218 Å². The topological polar surface area (TPSA) is 94.4 Å². The molecule has 0 unspecified atom stereocenters. The summed E-state index contributed by atoms with van der Waals surface area (Å²) in [5.41, 5.74) is -1.11. The largest absolute Gasteiger partial charge is 0.445 e. The summed E-state index contributed by atoms with van der Waals surface area (Å²) in [4.78, 5) is 15.8. The Morgan fingerprint density at radius 1 is 1.05 bits per heavy atom. The van der Waals surface area contributed by atoms with E-state index in [-0.39, 0.29) is 35.5 Å². The molecule has 2 heterocycles. The standard InChI is InChI=1S/C23H24F6N6O2S/c24-22(25,26)18-11-16(2-1-14(18)12-30)31-15-3-5-17(6-4-15)37-13-19(36)34-7-9-35(10-8-34)21-33-32-20(38-21)23(27,28)29/h1-2,11,15,17,31H,3-10,13H2. The molecule has 2 fully saturated rings. The third-order valence-electron chi connectivity index (χ3n) is 6.49. The molecule has 38 heavy (non-hydrogen) atoms. The van der Waals surface area contributed by atoms with Crippen LogP contribution in [-0.2, 0) is 21.9 Å². The Morgan fingerprint density at radius 3 is 2.32 bits per heavy atom. The maximum Gasteiger partial charge on any atom is 0.445 e. The molecule has 1 aliphatic heterocycles. The molecule has 206 valence electrons. The van der Waals surface area contributed by atoms with Gasteiger partial charge in [-0.15, -0.1) is 10.2 Å². The summed E-state index contributed by atoms with van der Waals surface area (Å²) in [5, 5.41) is 18.0. The zero-order chi connectivity index (χ0) is 27.5. The number of hydrogen-bond acceptors (Lipinski definition) is 8. The fourth-order valence-corrected chi connectivity index (χ4v) is 5.22. The van der Waals surface area contributed by atoms with Crippen molar-refractivity contribution >= 4 is 28.1 Å². The minimum atomic E-state index is -4.62. The number of aromatic nitrogens is 2. The van der Waals surface area contributed by atoms with Crippen LogP contribution in [0.3, 0.4) is 0 Å². The summed E-state index contributed by atoms with van der Waals surface area (Å²) in [6.45, 7) is 1.19. The number of piperazine rings is 1. The third kappa shape index (κ3) is 6.84. The predicted molar refractivity (Wildman–Crippen MR) is 125 cm³/mol. The molecule has 4 rings (SSSR count). The van der Waals surface area contributed by atoms with E-state index in [0.29, 0.717) is 63.2 Å². The number of ether oxygens (including phenoxy) is 1. The third-order valence-corrected chi connectivity index (χ3v) is 7.52. The lowest BCUT2D eigenvalue weighted by molar-refractivity contribution is -0.139. The van der Waals surface area contributed by atoms with E-state index in [2.05, 4.69) is 15.5 Å². The molecule has 1 N–H and O–H groups in total. The first-order valence-electron chi connectivity index (χ1n) is 11.9. The van der Waals surface area contributed by atoms with Crippen molar-refractivity contribution in [3.05, 3.63) is 34.3 Å². The molecule has 1 aromatic heterocycles. The van der Waals surface area contributed by atoms with Gasteiger partial charge in [0.05, 0.1) is 23.3 Å². The predicted octanol–water partition coefficient (Wildman–Crippen LogP) is 4.54. The van der Waals surface area contributed by atoms with Gasteiger partial charge in [0.1, 0.15) is 6.61 Å². The van der Waals surface area contributed by atoms with Gasteiger partial charge < -0.3 is 19.9 Å². The van der Waals surface area contributed by atoms with E-state index in [1.54, 1.807) is 15.9 Å². The van der Waals surface area contributed by atoms with Gasteiger partial charge in [0.2, 0.25) is 16.0 Å². The molecular weight excluding hydrogens is 538 g/mol. The molecule has 15 heteroatoms. The summed E-state index contributed by atoms with van der Waals surface area (Å²) < 4.78 is 83.6. The van der Waals surface area contributed by atoms with Crippen LogP contribution in [0, 0.1) is 11.3 Å². The molecule has 2 aromatic rings. The molecule has 1 saturated carbocycles. The van der Waals surface area contributed by atoms with E-state index in [9.17, 15) is 31.1 Å². The van der Waals surface area contributed by atoms with Crippen LogP contribution in [-0.4, -0.2) is 65.9 Å². The Kier molecular flexibility index (Phi) is 8.31. The smallest absolute Gasteiger partial charge is 0.382 e. The highest BCUT2D eigenvalue weighted by molar-refractivity contribution is 7.15. The van der Waals surface area contributed by atoms with Crippen molar-refractivity contribution in [1.82, 2.24) is 15.1 Å². The van der Waals surface area contributed by atoms with Gasteiger partial charge in [-0.2, -0.15) is 31.6 Å². The second-order valence-electron chi connectivity index (χ2n) is 9.05. The minimum Gasteiger partial charge on any atom is -0.382 e. The van der Waals surface area contributed by atoms with Gasteiger partial charge in [-0.1, -0.05) is 11.3 Å². The van der Waals surface area contributed by atoms with Gasteiger partial charge in [0.15, 0.2) is 0 Å². The molecule has 1 aromatic carbocycles. The fourth-order valence-electron chi connectivity index (χ4n) is 4.46. The van der Waals surface area contributed by atoms with E-state index in [0.717, 1.165) is 12.1 Å². The Bertz CT molecular complexity index is 1160. The van der Waals surface area contributed by atoms with Gasteiger partial charge in [-0.3, -0.25) is 4.79 Å². The van der Waals surface area contributed by atoms with Crippen LogP contribution >= 0.6 is 11.3 Å². The van der Waals surface area contributed by atoms with Crippen LogP contribution in [0.2, 0.25) is 0 Å². The monoisotopic (exact) mass is 562 g/mol. The van der Waals surface area contributed by atoms with Crippen LogP contribution in [0.1, 0.15) is 41.8 Å². The zero-order valence-electron chi connectivity index (χ0n) is 20.0. The number of carbonyl (C=O) groups is 1. The lowest BCUT2D eigenvalue weighted by atomic mass is 9.92. The highest BCUT2D eigenvalue weighted by atomic mass is 32.1. The summed E-state index contributed by atoms with van der Waals surface area (Å²) in [7, 11) is 0.